The normalized spacial score (nSPS) is 18.0. The molecule has 1 fully saturated rings. The molecule has 0 aliphatic carbocycles. The topological polar surface area (TPSA) is 69.9 Å². The first-order valence-corrected chi connectivity index (χ1v) is 9.83. The van der Waals surface area contributed by atoms with Crippen LogP contribution in [0, 0.1) is 0 Å². The summed E-state index contributed by atoms with van der Waals surface area (Å²) in [5.74, 6) is 0.0800. The number of carbonyl (C=O) groups is 2. The third kappa shape index (κ3) is 3.79. The molecule has 2 heterocycles. The molecule has 2 aliphatic heterocycles. The Morgan fingerprint density at radius 1 is 0.893 bits per heavy atom. The van der Waals surface area contributed by atoms with Crippen LogP contribution in [0.5, 0.6) is 0 Å². The molecule has 0 bridgehead atoms. The minimum Gasteiger partial charge on any atom is -0.338 e. The highest BCUT2D eigenvalue weighted by atomic mass is 16.2. The first-order valence-electron chi connectivity index (χ1n) is 9.83. The van der Waals surface area contributed by atoms with E-state index >= 15 is 0 Å². The largest absolute Gasteiger partial charge is 0.338 e. The highest BCUT2D eigenvalue weighted by molar-refractivity contribution is 5.96. The van der Waals surface area contributed by atoms with Crippen molar-refractivity contribution >= 4 is 17.5 Å². The van der Waals surface area contributed by atoms with E-state index in [2.05, 4.69) is 11.0 Å². The smallest absolute Gasteiger partial charge is 0.244 e. The summed E-state index contributed by atoms with van der Waals surface area (Å²) in [5, 5.41) is 0. The fourth-order valence-corrected chi connectivity index (χ4v) is 4.00. The van der Waals surface area contributed by atoms with E-state index in [1.807, 2.05) is 58.3 Å². The first kappa shape index (κ1) is 18.7. The molecule has 2 aliphatic rings. The lowest BCUT2D eigenvalue weighted by molar-refractivity contribution is -0.134. The Labute approximate surface area is 165 Å². The number of nitrogens with zero attached hydrogens (tertiary/aromatic N) is 3. The lowest BCUT2D eigenvalue weighted by Gasteiger charge is -2.36. The number of para-hydroxylation sites is 1. The summed E-state index contributed by atoms with van der Waals surface area (Å²) in [7, 11) is 0. The number of anilines is 1. The number of carbonyl (C=O) groups excluding carboxylic acids is 2. The Kier molecular flexibility index (Phi) is 5.41. The van der Waals surface area contributed by atoms with Crippen LogP contribution in [0.25, 0.3) is 0 Å². The average Bonchev–Trinajstić information content (AvgIpc) is 3.18. The van der Waals surface area contributed by atoms with Gasteiger partial charge in [-0.05, 0) is 23.6 Å². The molecule has 146 valence electrons. The zero-order valence-corrected chi connectivity index (χ0v) is 16.0. The van der Waals surface area contributed by atoms with Crippen LogP contribution in [0.4, 0.5) is 5.69 Å². The van der Waals surface area contributed by atoms with Crippen LogP contribution in [-0.4, -0.2) is 60.9 Å². The van der Waals surface area contributed by atoms with Gasteiger partial charge in [-0.3, -0.25) is 14.5 Å². The van der Waals surface area contributed by atoms with E-state index < -0.39 is 6.04 Å². The summed E-state index contributed by atoms with van der Waals surface area (Å²) < 4.78 is 0. The third-order valence-corrected chi connectivity index (χ3v) is 5.66. The number of hydrogen-bond acceptors (Lipinski definition) is 4. The van der Waals surface area contributed by atoms with Crippen molar-refractivity contribution in [3.05, 3.63) is 65.7 Å². The minimum absolute atomic E-state index is 0.0503. The van der Waals surface area contributed by atoms with Gasteiger partial charge in [-0.1, -0.05) is 48.5 Å². The molecular weight excluding hydrogens is 352 g/mol. The van der Waals surface area contributed by atoms with E-state index in [-0.39, 0.29) is 11.8 Å². The fourth-order valence-electron chi connectivity index (χ4n) is 4.00. The Hall–Kier alpha value is -2.70. The summed E-state index contributed by atoms with van der Waals surface area (Å²) >= 11 is 0. The highest BCUT2D eigenvalue weighted by Crippen LogP contribution is 2.27. The maximum atomic E-state index is 12.8. The quantitative estimate of drug-likeness (QED) is 0.874. The van der Waals surface area contributed by atoms with Gasteiger partial charge in [0.25, 0.3) is 0 Å². The third-order valence-electron chi connectivity index (χ3n) is 5.66. The monoisotopic (exact) mass is 378 g/mol. The molecular formula is C22H26N4O2. The van der Waals surface area contributed by atoms with E-state index in [9.17, 15) is 9.59 Å². The number of amides is 2. The van der Waals surface area contributed by atoms with Gasteiger partial charge >= 0.3 is 0 Å². The Bertz CT molecular complexity index is 847. The van der Waals surface area contributed by atoms with E-state index in [1.54, 1.807) is 0 Å². The number of rotatable bonds is 4. The molecule has 2 N–H and O–H groups in total. The van der Waals surface area contributed by atoms with E-state index in [0.29, 0.717) is 32.7 Å². The van der Waals surface area contributed by atoms with E-state index in [4.69, 9.17) is 5.73 Å². The molecule has 0 radical (unpaired) electrons. The second-order valence-corrected chi connectivity index (χ2v) is 7.41. The molecule has 0 spiro atoms. The summed E-state index contributed by atoms with van der Waals surface area (Å²) in [6, 6.07) is 16.9. The van der Waals surface area contributed by atoms with Crippen LogP contribution in [-0.2, 0) is 16.0 Å². The zero-order chi connectivity index (χ0) is 19.5. The molecule has 0 saturated carbocycles. The molecule has 28 heavy (non-hydrogen) atoms. The Morgan fingerprint density at radius 2 is 1.57 bits per heavy atom. The van der Waals surface area contributed by atoms with Crippen molar-refractivity contribution < 1.29 is 9.59 Å². The second-order valence-electron chi connectivity index (χ2n) is 7.41. The van der Waals surface area contributed by atoms with Crippen molar-refractivity contribution in [1.82, 2.24) is 9.80 Å². The van der Waals surface area contributed by atoms with Gasteiger partial charge in [-0.25, -0.2) is 0 Å². The molecule has 1 unspecified atom stereocenters. The zero-order valence-electron chi connectivity index (χ0n) is 16.0. The number of piperazine rings is 1. The van der Waals surface area contributed by atoms with Gasteiger partial charge in [0.2, 0.25) is 11.8 Å². The van der Waals surface area contributed by atoms with Gasteiger partial charge in [0.15, 0.2) is 0 Å². The average molecular weight is 378 g/mol. The van der Waals surface area contributed by atoms with Crippen LogP contribution in [0.15, 0.2) is 54.6 Å². The summed E-state index contributed by atoms with van der Waals surface area (Å²) in [4.78, 5) is 31.3. The van der Waals surface area contributed by atoms with Crippen molar-refractivity contribution in [2.75, 3.05) is 44.2 Å². The molecule has 6 nitrogen and oxygen atoms in total. The van der Waals surface area contributed by atoms with Crippen molar-refractivity contribution in [3.8, 4) is 0 Å². The number of nitrogens with two attached hydrogens (primary N) is 1. The van der Waals surface area contributed by atoms with Crippen molar-refractivity contribution in [2.45, 2.75) is 12.5 Å². The minimum atomic E-state index is -0.629. The predicted octanol–water partition coefficient (Wildman–Crippen LogP) is 1.42. The van der Waals surface area contributed by atoms with E-state index in [1.165, 1.54) is 5.56 Å². The summed E-state index contributed by atoms with van der Waals surface area (Å²) in [6.45, 7) is 3.72. The van der Waals surface area contributed by atoms with Gasteiger partial charge in [0.05, 0.1) is 6.54 Å². The van der Waals surface area contributed by atoms with Crippen LogP contribution in [0.1, 0.15) is 17.2 Å². The number of fused-ring (bicyclic) bond motifs is 1. The van der Waals surface area contributed by atoms with Crippen molar-refractivity contribution in [3.63, 3.8) is 0 Å². The maximum Gasteiger partial charge on any atom is 0.244 e. The number of hydrogen-bond donors (Lipinski definition) is 1. The van der Waals surface area contributed by atoms with Gasteiger partial charge in [0, 0.05) is 38.4 Å². The summed E-state index contributed by atoms with van der Waals surface area (Å²) in [6.07, 6.45) is 0.918. The van der Waals surface area contributed by atoms with Crippen LogP contribution in [0.3, 0.4) is 0 Å². The molecule has 2 amide bonds. The molecule has 0 aromatic heterocycles. The highest BCUT2D eigenvalue weighted by Gasteiger charge is 2.29. The van der Waals surface area contributed by atoms with Crippen molar-refractivity contribution in [2.24, 2.45) is 5.73 Å². The maximum absolute atomic E-state index is 12.8. The molecule has 2 aromatic carbocycles. The van der Waals surface area contributed by atoms with Gasteiger partial charge in [-0.15, -0.1) is 0 Å². The summed E-state index contributed by atoms with van der Waals surface area (Å²) in [5.41, 5.74) is 9.25. The van der Waals surface area contributed by atoms with Crippen LogP contribution in [0.2, 0.25) is 0 Å². The van der Waals surface area contributed by atoms with Crippen LogP contribution >= 0.6 is 0 Å². The van der Waals surface area contributed by atoms with E-state index in [0.717, 1.165) is 24.2 Å². The fraction of sp³-hybridized carbons (Fsp3) is 0.364. The SMILES string of the molecule is NC(C(=O)N1CCN(CC(=O)N2CCc3ccccc32)CC1)c1ccccc1. The van der Waals surface area contributed by atoms with Gasteiger partial charge < -0.3 is 15.5 Å². The van der Waals surface area contributed by atoms with Crippen molar-refractivity contribution in [1.29, 1.82) is 0 Å². The molecule has 4 rings (SSSR count). The number of benzene rings is 2. The van der Waals surface area contributed by atoms with Crippen LogP contribution < -0.4 is 10.6 Å². The van der Waals surface area contributed by atoms with Gasteiger partial charge in [0.1, 0.15) is 6.04 Å². The molecule has 1 saturated heterocycles. The standard InChI is InChI=1S/C22H26N4O2/c23-21(18-7-2-1-3-8-18)22(28)25-14-12-24(13-15-25)16-20(27)26-11-10-17-6-4-5-9-19(17)26/h1-9,21H,10-16,23H2. The Morgan fingerprint density at radius 3 is 2.32 bits per heavy atom. The lowest BCUT2D eigenvalue weighted by atomic mass is 10.1. The Balaban J connectivity index is 1.30. The second kappa shape index (κ2) is 8.12. The molecule has 1 atom stereocenters. The van der Waals surface area contributed by atoms with Gasteiger partial charge in [-0.2, -0.15) is 0 Å². The molecule has 2 aromatic rings. The molecule has 6 heteroatoms. The first-order chi connectivity index (χ1) is 13.6. The predicted molar refractivity (Wildman–Crippen MR) is 109 cm³/mol. The lowest BCUT2D eigenvalue weighted by Crippen LogP contribution is -2.53.